The Morgan fingerprint density at radius 1 is 1.50 bits per heavy atom. The second kappa shape index (κ2) is 39.2. The van der Waals surface area contributed by atoms with Crippen LogP contribution in [0, 0.1) is 0 Å². The topological polar surface area (TPSA) is 0 Å². The fraction of sp³-hybridized carbons (Fsp3) is 0. The third kappa shape index (κ3) is 42.1. The van der Waals surface area contributed by atoms with Gasteiger partial charge in [-0.2, -0.15) is 0 Å². The molecule has 0 spiro atoms. The first-order valence-corrected chi connectivity index (χ1v) is 28.2. The van der Waals surface area contributed by atoms with Crippen LogP contribution in [0.25, 0.3) is 0 Å². The fourth-order valence-electron chi connectivity index (χ4n) is 0. The molecule has 8 heavy (non-hydrogen) atoms. The molecule has 0 aliphatic heterocycles. The fourth-order valence-corrected chi connectivity index (χ4v) is 0. The van der Waals surface area contributed by atoms with Crippen LogP contribution in [0.5, 0.6) is 0 Å². The third-order valence-electron chi connectivity index (χ3n) is 0. The van der Waals surface area contributed by atoms with Crippen LogP contribution in [-0.2, 0) is 107 Å². The predicted molar refractivity (Wildman–Crippen MR) is 22.8 cm³/mol. The van der Waals surface area contributed by atoms with Crippen LogP contribution in [0.4, 0.5) is 0 Å². The van der Waals surface area contributed by atoms with E-state index in [2.05, 4.69) is 5.38 Å². The van der Waals surface area contributed by atoms with Crippen molar-refractivity contribution >= 4 is 37.9 Å². The van der Waals surface area contributed by atoms with Crippen LogP contribution in [0.3, 0.4) is 0 Å². The predicted octanol–water partition coefficient (Wildman–Crippen LogP) is -2.23. The molecular weight excluding hydrogens is 848 g/mol. The van der Waals surface area contributed by atoms with Gasteiger partial charge in [0.25, 0.3) is 0 Å². The minimum atomic E-state index is 0. The molecule has 3 radical (unpaired) electrons. The van der Waals surface area contributed by atoms with Crippen molar-refractivity contribution in [2.45, 2.75) is 0 Å². The average molecular weight is 852 g/mol. The summed E-state index contributed by atoms with van der Waals surface area (Å²) in [6.07, 6.45) is 0. The number of hydrogen-bond acceptors (Lipinski definition) is 0. The molecule has 0 atom stereocenters. The van der Waals surface area contributed by atoms with Crippen LogP contribution in [0.1, 0.15) is 0 Å². The van der Waals surface area contributed by atoms with Crippen LogP contribution < -0.4 is 0 Å². The summed E-state index contributed by atoms with van der Waals surface area (Å²) in [7, 11) is 0. The summed E-state index contributed by atoms with van der Waals surface area (Å²) in [5.41, 5.74) is 0. The summed E-state index contributed by atoms with van der Waals surface area (Å²) in [6.45, 7) is 0. The Labute approximate surface area is 141 Å². The van der Waals surface area contributed by atoms with E-state index in [1.54, 1.807) is 60.8 Å². The van der Waals surface area contributed by atoms with Gasteiger partial charge in [0.1, 0.15) is 0 Å². The van der Waals surface area contributed by atoms with Gasteiger partial charge in [0.05, 0.1) is 0 Å². The van der Waals surface area contributed by atoms with Gasteiger partial charge >= 0.3 is 79.7 Å². The molecule has 0 nitrogen and oxygen atoms in total. The van der Waals surface area contributed by atoms with E-state index in [4.69, 9.17) is 0 Å². The summed E-state index contributed by atoms with van der Waals surface area (Å²) in [4.78, 5) is 0. The number of rotatable bonds is 0. The average Bonchev–Trinajstić information content (AvgIpc) is 1.46. The molecule has 0 rings (SSSR count). The molecule has 0 saturated carbocycles. The van der Waals surface area contributed by atoms with Crippen LogP contribution >= 0.6 is 0 Å². The second-order valence-corrected chi connectivity index (χ2v) is 47.6. The van der Waals surface area contributed by atoms with Crippen molar-refractivity contribution in [1.29, 1.82) is 0 Å². The first-order valence-electron chi connectivity index (χ1n) is 1.01. The minimum absolute atomic E-state index is 0. The first kappa shape index (κ1) is 29.2. The summed E-state index contributed by atoms with van der Waals surface area (Å²) in [5, 5.41) is 2.09. The molecule has 8 heteroatoms. The molecule has 0 fully saturated rings. The third-order valence-corrected chi connectivity index (χ3v) is 0. The van der Waals surface area contributed by atoms with Crippen LogP contribution in [0.15, 0.2) is 0 Å². The summed E-state index contributed by atoms with van der Waals surface area (Å²) >= 11 is 5.41. The maximum absolute atomic E-state index is 2.09. The molecule has 0 saturated heterocycles. The van der Waals surface area contributed by atoms with Gasteiger partial charge in [0.2, 0.25) is 0 Å². The molecule has 0 aromatic heterocycles. The van der Waals surface area contributed by atoms with Gasteiger partial charge in [-0.25, -0.2) is 0 Å². The zero-order valence-corrected chi connectivity index (χ0v) is 22.9. The monoisotopic (exact) mass is 852 g/mol. The van der Waals surface area contributed by atoms with Gasteiger partial charge in [-0.05, 0) is 0 Å². The largest absolute Gasteiger partial charge is 0 e. The van der Waals surface area contributed by atoms with Crippen molar-refractivity contribution in [3.63, 3.8) is 0 Å². The van der Waals surface area contributed by atoms with E-state index >= 15 is 0 Å². The van der Waals surface area contributed by atoms with Crippen molar-refractivity contribution in [3.8, 4) is 0 Å². The van der Waals surface area contributed by atoms with Gasteiger partial charge in [-0.3, -0.25) is 0 Å². The molecule has 0 heterocycles. The van der Waals surface area contributed by atoms with E-state index in [0.717, 1.165) is 0 Å². The van der Waals surface area contributed by atoms with Gasteiger partial charge < -0.3 is 0 Å². The Balaban J connectivity index is -0.00000000567. The Morgan fingerprint density at radius 3 is 1.50 bits per heavy atom. The zero-order valence-electron chi connectivity index (χ0n) is 4.38. The van der Waals surface area contributed by atoms with Gasteiger partial charge in [0.15, 0.2) is 0 Å². The summed E-state index contributed by atoms with van der Waals surface area (Å²) in [5.74, 6) is 0. The zero-order chi connectivity index (χ0) is 4.71. The normalized spacial score (nSPS) is 2.50. The summed E-state index contributed by atoms with van der Waals surface area (Å²) < 4.78 is 0. The maximum atomic E-state index is 2.09. The van der Waals surface area contributed by atoms with Crippen molar-refractivity contribution in [3.05, 3.63) is 0 Å². The van der Waals surface area contributed by atoms with Crippen molar-refractivity contribution in [2.75, 3.05) is 0 Å². The molecule has 0 aromatic carbocycles. The van der Waals surface area contributed by atoms with Gasteiger partial charge in [-0.15, -0.1) is 0 Å². The first-order chi connectivity index (χ1) is 2.41. The molecule has 0 bridgehead atoms. The molecule has 0 amide bonds. The Hall–Kier alpha value is 5.45. The van der Waals surface area contributed by atoms with Gasteiger partial charge in [-0.1, -0.05) is 0 Å². The van der Waals surface area contributed by atoms with Crippen LogP contribution in [0.2, 0.25) is 0 Å². The summed E-state index contributed by atoms with van der Waals surface area (Å²) in [6, 6.07) is 0. The van der Waals surface area contributed by atoms with E-state index in [1.807, 2.05) is 0 Å². The van der Waals surface area contributed by atoms with E-state index < -0.39 is 0 Å². The van der Waals surface area contributed by atoms with E-state index in [1.165, 1.54) is 0 Å². The molecule has 0 aromatic rings. The van der Waals surface area contributed by atoms with Crippen LogP contribution in [-0.4, -0.2) is 37.9 Å². The molecule has 0 unspecified atom stereocenters. The Bertz CT molecular complexity index is 24.0. The molecular formula is H4BNbSbSnTaTiWZr. The molecule has 0 N–H and O–H groups in total. The standard InChI is InChI=1S/BH2.Nb.Sb.Sn.Ta.Ti.W.Zr.2H/h1H2;;;;;;;;;/q+1;;;;;;;-1;;. The quantitative estimate of drug-likeness (QED) is 0.243. The molecule has 40 valence electrons. The Kier molecular flexibility index (Phi) is 143. The van der Waals surface area contributed by atoms with Crippen molar-refractivity contribution in [1.82, 2.24) is 0 Å². The minimum Gasteiger partial charge on any atom is 0 e. The Morgan fingerprint density at radius 2 is 1.50 bits per heavy atom. The number of hydrogen-bond donors (Lipinski definition) is 0. The van der Waals surface area contributed by atoms with Crippen molar-refractivity contribution in [2.24, 2.45) is 0 Å². The van der Waals surface area contributed by atoms with E-state index in [-0.39, 0.29) is 65.2 Å². The second-order valence-electron chi connectivity index (χ2n) is 0.129. The van der Waals surface area contributed by atoms with Crippen molar-refractivity contribution < 1.29 is 107 Å². The maximum Gasteiger partial charge on any atom is 0 e. The molecule has 0 aliphatic carbocycles. The van der Waals surface area contributed by atoms with Gasteiger partial charge in [0, 0.05) is 65.2 Å². The molecule has 0 aliphatic rings. The smallest absolute Gasteiger partial charge is 0 e. The van der Waals surface area contributed by atoms with E-state index in [9.17, 15) is 0 Å². The van der Waals surface area contributed by atoms with E-state index in [0.29, 0.717) is 13.5 Å². The SMILES string of the molecule is [BH2][Zr].[Nb].[SbH2][Sn][Ta].[Ti].[W].